The average Bonchev–Trinajstić information content (AvgIpc) is 2.72. The first kappa shape index (κ1) is 21.6. The first-order chi connectivity index (χ1) is 13.3. The minimum absolute atomic E-state index is 0.0525. The zero-order valence-electron chi connectivity index (χ0n) is 16.4. The quantitative estimate of drug-likeness (QED) is 0.663. The summed E-state index contributed by atoms with van der Waals surface area (Å²) >= 11 is 0. The molecule has 28 heavy (non-hydrogen) atoms. The number of nitrogens with zero attached hydrogens (tertiary/aromatic N) is 2. The third-order valence-electron chi connectivity index (χ3n) is 4.40. The van der Waals surface area contributed by atoms with Crippen LogP contribution in [0.2, 0.25) is 0 Å². The van der Waals surface area contributed by atoms with Crippen molar-refractivity contribution < 1.29 is 22.7 Å². The van der Waals surface area contributed by atoms with Gasteiger partial charge in [0.2, 0.25) is 10.0 Å². The van der Waals surface area contributed by atoms with E-state index in [1.165, 1.54) is 41.6 Å². The van der Waals surface area contributed by atoms with E-state index in [4.69, 9.17) is 4.74 Å². The summed E-state index contributed by atoms with van der Waals surface area (Å²) in [5.41, 5.74) is 0.819. The van der Waals surface area contributed by atoms with Crippen molar-refractivity contribution in [1.29, 1.82) is 0 Å². The van der Waals surface area contributed by atoms with Gasteiger partial charge >= 0.3 is 5.97 Å². The minimum Gasteiger partial charge on any atom is -0.465 e. The van der Waals surface area contributed by atoms with Crippen LogP contribution >= 0.6 is 0 Å². The average molecular weight is 404 g/mol. The Morgan fingerprint density at radius 2 is 1.64 bits per heavy atom. The van der Waals surface area contributed by atoms with Crippen molar-refractivity contribution in [2.75, 3.05) is 32.1 Å². The Morgan fingerprint density at radius 1 is 1.00 bits per heavy atom. The number of benzene rings is 2. The van der Waals surface area contributed by atoms with E-state index < -0.39 is 21.9 Å². The maximum Gasteiger partial charge on any atom is 0.339 e. The molecule has 0 heterocycles. The Kier molecular flexibility index (Phi) is 6.93. The third-order valence-corrected chi connectivity index (χ3v) is 6.45. The molecule has 8 heteroatoms. The van der Waals surface area contributed by atoms with E-state index in [0.29, 0.717) is 18.8 Å². The lowest BCUT2D eigenvalue weighted by Crippen LogP contribution is -2.31. The normalized spacial score (nSPS) is 11.3. The number of hydrogen-bond donors (Lipinski definition) is 0. The molecule has 7 nitrogen and oxygen atoms in total. The zero-order chi connectivity index (χ0) is 20.9. The second-order valence-electron chi connectivity index (χ2n) is 5.99. The number of para-hydroxylation sites is 1. The van der Waals surface area contributed by atoms with E-state index in [1.807, 2.05) is 0 Å². The summed E-state index contributed by atoms with van der Waals surface area (Å²) in [6.45, 7) is 4.19. The van der Waals surface area contributed by atoms with Crippen LogP contribution in [-0.4, -0.2) is 51.8 Å². The van der Waals surface area contributed by atoms with Crippen LogP contribution in [0.25, 0.3) is 0 Å². The second kappa shape index (κ2) is 8.99. The fourth-order valence-electron chi connectivity index (χ4n) is 2.85. The zero-order valence-corrected chi connectivity index (χ0v) is 17.2. The molecular weight excluding hydrogens is 380 g/mol. The van der Waals surface area contributed by atoms with Gasteiger partial charge < -0.3 is 9.64 Å². The van der Waals surface area contributed by atoms with Gasteiger partial charge in [0.25, 0.3) is 5.91 Å². The number of carbonyl (C=O) groups excluding carboxylic acids is 2. The lowest BCUT2D eigenvalue weighted by molar-refractivity contribution is 0.0601. The molecular formula is C20H24N2O5S. The van der Waals surface area contributed by atoms with Gasteiger partial charge in [-0.2, -0.15) is 4.31 Å². The second-order valence-corrected chi connectivity index (χ2v) is 7.93. The number of sulfonamides is 1. The topological polar surface area (TPSA) is 84.0 Å². The van der Waals surface area contributed by atoms with Crippen molar-refractivity contribution in [3.63, 3.8) is 0 Å². The summed E-state index contributed by atoms with van der Waals surface area (Å²) in [6.07, 6.45) is 0. The highest BCUT2D eigenvalue weighted by Gasteiger charge is 2.24. The van der Waals surface area contributed by atoms with Gasteiger partial charge in [-0.25, -0.2) is 13.2 Å². The van der Waals surface area contributed by atoms with Crippen molar-refractivity contribution in [3.05, 3.63) is 59.7 Å². The number of hydrogen-bond acceptors (Lipinski definition) is 5. The Hall–Kier alpha value is -2.71. The molecule has 0 saturated carbocycles. The van der Waals surface area contributed by atoms with Crippen molar-refractivity contribution in [1.82, 2.24) is 4.31 Å². The summed E-state index contributed by atoms with van der Waals surface area (Å²) < 4.78 is 31.6. The van der Waals surface area contributed by atoms with Gasteiger partial charge in [0.05, 0.1) is 23.3 Å². The van der Waals surface area contributed by atoms with Gasteiger partial charge in [-0.1, -0.05) is 32.0 Å². The van der Waals surface area contributed by atoms with Crippen LogP contribution in [0.15, 0.2) is 53.4 Å². The van der Waals surface area contributed by atoms with Crippen molar-refractivity contribution in [2.45, 2.75) is 18.7 Å². The number of rotatable bonds is 7. The molecule has 0 spiro atoms. The summed E-state index contributed by atoms with van der Waals surface area (Å²) in [5.74, 6) is -0.999. The van der Waals surface area contributed by atoms with E-state index in [-0.39, 0.29) is 16.0 Å². The fourth-order valence-corrected chi connectivity index (χ4v) is 4.36. The molecule has 0 unspecified atom stereocenters. The van der Waals surface area contributed by atoms with Crippen LogP contribution < -0.4 is 4.90 Å². The molecule has 0 radical (unpaired) electrons. The van der Waals surface area contributed by atoms with E-state index in [2.05, 4.69) is 0 Å². The molecule has 150 valence electrons. The summed E-state index contributed by atoms with van der Waals surface area (Å²) in [4.78, 5) is 26.3. The smallest absolute Gasteiger partial charge is 0.339 e. The monoisotopic (exact) mass is 404 g/mol. The van der Waals surface area contributed by atoms with Crippen LogP contribution in [0.1, 0.15) is 34.6 Å². The van der Waals surface area contributed by atoms with Crippen LogP contribution in [-0.2, 0) is 14.8 Å². The maximum absolute atomic E-state index is 13.0. The molecule has 0 aliphatic heterocycles. The SMILES string of the molecule is CCN(CC)S(=O)(=O)c1cccc(C(=O)N(C)c2ccccc2C(=O)OC)c1. The van der Waals surface area contributed by atoms with Gasteiger partial charge in [-0.15, -0.1) is 0 Å². The lowest BCUT2D eigenvalue weighted by atomic mass is 10.1. The number of carbonyl (C=O) groups is 2. The minimum atomic E-state index is -3.68. The van der Waals surface area contributed by atoms with Crippen molar-refractivity contribution >= 4 is 27.6 Å². The largest absolute Gasteiger partial charge is 0.465 e. The van der Waals surface area contributed by atoms with Gasteiger partial charge in [0.15, 0.2) is 0 Å². The molecule has 2 aromatic rings. The highest BCUT2D eigenvalue weighted by Crippen LogP contribution is 2.23. The molecule has 1 amide bonds. The van der Waals surface area contributed by atoms with E-state index in [9.17, 15) is 18.0 Å². The molecule has 2 aromatic carbocycles. The Balaban J connectivity index is 2.43. The molecule has 0 saturated heterocycles. The molecule has 0 aliphatic rings. The lowest BCUT2D eigenvalue weighted by Gasteiger charge is -2.21. The van der Waals surface area contributed by atoms with E-state index >= 15 is 0 Å². The molecule has 0 atom stereocenters. The molecule has 0 bridgehead atoms. The molecule has 0 N–H and O–H groups in total. The van der Waals surface area contributed by atoms with E-state index in [1.54, 1.807) is 44.2 Å². The highest BCUT2D eigenvalue weighted by atomic mass is 32.2. The Morgan fingerprint density at radius 3 is 2.25 bits per heavy atom. The van der Waals surface area contributed by atoms with Crippen molar-refractivity contribution in [2.24, 2.45) is 0 Å². The first-order valence-electron chi connectivity index (χ1n) is 8.83. The number of ether oxygens (including phenoxy) is 1. The van der Waals surface area contributed by atoms with Crippen LogP contribution in [0.3, 0.4) is 0 Å². The van der Waals surface area contributed by atoms with Crippen LogP contribution in [0, 0.1) is 0 Å². The molecule has 0 fully saturated rings. The van der Waals surface area contributed by atoms with Crippen molar-refractivity contribution in [3.8, 4) is 0 Å². The molecule has 0 aliphatic carbocycles. The van der Waals surface area contributed by atoms with Gasteiger partial charge in [0.1, 0.15) is 0 Å². The van der Waals surface area contributed by atoms with Crippen LogP contribution in [0.5, 0.6) is 0 Å². The Labute approximate surface area is 165 Å². The summed E-state index contributed by atoms with van der Waals surface area (Å²) in [5, 5.41) is 0. The molecule has 0 aromatic heterocycles. The summed E-state index contributed by atoms with van der Waals surface area (Å²) in [6, 6.07) is 12.5. The predicted molar refractivity (Wildman–Crippen MR) is 107 cm³/mol. The van der Waals surface area contributed by atoms with Gasteiger partial charge in [-0.05, 0) is 30.3 Å². The maximum atomic E-state index is 13.0. The number of esters is 1. The van der Waals surface area contributed by atoms with Gasteiger partial charge in [-0.3, -0.25) is 4.79 Å². The summed E-state index contributed by atoms with van der Waals surface area (Å²) in [7, 11) is -0.895. The fraction of sp³-hybridized carbons (Fsp3) is 0.300. The van der Waals surface area contributed by atoms with Gasteiger partial charge in [0, 0.05) is 25.7 Å². The molecule has 2 rings (SSSR count). The number of anilines is 1. The highest BCUT2D eigenvalue weighted by molar-refractivity contribution is 7.89. The standard InChI is InChI=1S/C20H24N2O5S/c1-5-22(6-2)28(25,26)16-11-9-10-15(14-16)19(23)21(3)18-13-8-7-12-17(18)20(24)27-4/h7-14H,5-6H2,1-4H3. The number of methoxy groups -OCH3 is 1. The Bertz CT molecular complexity index is 968. The van der Waals surface area contributed by atoms with E-state index in [0.717, 1.165) is 0 Å². The van der Waals surface area contributed by atoms with Crippen LogP contribution in [0.4, 0.5) is 5.69 Å². The predicted octanol–water partition coefficient (Wildman–Crippen LogP) is 2.78. The first-order valence-corrected chi connectivity index (χ1v) is 10.3. The third kappa shape index (κ3) is 4.23. The number of amides is 1.